The second kappa shape index (κ2) is 8.14. The topological polar surface area (TPSA) is 62.1 Å². The van der Waals surface area contributed by atoms with Gasteiger partial charge >= 0.3 is 0 Å². The van der Waals surface area contributed by atoms with Crippen molar-refractivity contribution < 1.29 is 19.0 Å². The van der Waals surface area contributed by atoms with Gasteiger partial charge < -0.3 is 9.84 Å². The molecule has 140 valence electrons. The Morgan fingerprint density at radius 3 is 2.67 bits per heavy atom. The Bertz CT molecular complexity index is 945. The van der Waals surface area contributed by atoms with Crippen molar-refractivity contribution in [2.24, 2.45) is 4.99 Å². The highest BCUT2D eigenvalue weighted by Gasteiger charge is 2.32. The lowest BCUT2D eigenvalue weighted by atomic mass is 10.1. The van der Waals surface area contributed by atoms with E-state index in [1.54, 1.807) is 30.3 Å². The van der Waals surface area contributed by atoms with Crippen molar-refractivity contribution in [2.75, 3.05) is 13.7 Å². The summed E-state index contributed by atoms with van der Waals surface area (Å²) in [4.78, 5) is 19.1. The second-order valence-electron chi connectivity index (χ2n) is 5.58. The van der Waals surface area contributed by atoms with Gasteiger partial charge in [-0.15, -0.1) is 0 Å². The first-order valence-corrected chi connectivity index (χ1v) is 9.66. The molecule has 27 heavy (non-hydrogen) atoms. The van der Waals surface area contributed by atoms with Crippen LogP contribution in [0, 0.1) is 5.82 Å². The van der Waals surface area contributed by atoms with E-state index in [-0.39, 0.29) is 17.5 Å². The number of phenols is 1. The average Bonchev–Trinajstić information content (AvgIpc) is 2.94. The third-order valence-corrected chi connectivity index (χ3v) is 5.30. The molecule has 8 heteroatoms. The van der Waals surface area contributed by atoms with E-state index in [9.17, 15) is 14.3 Å². The van der Waals surface area contributed by atoms with E-state index in [1.165, 1.54) is 35.9 Å². The number of methoxy groups -OCH3 is 1. The number of aliphatic imine (C=N–C) groups is 1. The van der Waals surface area contributed by atoms with Crippen LogP contribution in [-0.2, 0) is 4.79 Å². The van der Waals surface area contributed by atoms with Crippen LogP contribution in [0.5, 0.6) is 11.5 Å². The molecule has 1 fully saturated rings. The smallest absolute Gasteiger partial charge is 0.266 e. The first kappa shape index (κ1) is 19.4. The standard InChI is InChI=1S/C19H16BrFN2O3S/c1-3-23-18(25)16(9-11-8-12(20)10-15(26-2)17(11)24)27-19(23)22-14-6-4-13(21)5-7-14/h4-10,24H,3H2,1-2H3/b16-9+,22-19?. The molecule has 0 radical (unpaired) electrons. The second-order valence-corrected chi connectivity index (χ2v) is 7.50. The van der Waals surface area contributed by atoms with Gasteiger partial charge in [-0.25, -0.2) is 9.38 Å². The lowest BCUT2D eigenvalue weighted by Gasteiger charge is -2.12. The zero-order valence-corrected chi connectivity index (χ0v) is 17.0. The van der Waals surface area contributed by atoms with Crippen LogP contribution >= 0.6 is 27.7 Å². The number of ether oxygens (including phenoxy) is 1. The van der Waals surface area contributed by atoms with Crippen molar-refractivity contribution in [3.05, 3.63) is 57.2 Å². The van der Waals surface area contributed by atoms with Crippen LogP contribution in [0.3, 0.4) is 0 Å². The Balaban J connectivity index is 1.98. The maximum absolute atomic E-state index is 13.1. The molecule has 0 spiro atoms. The number of carbonyl (C=O) groups is 1. The number of amidine groups is 1. The maximum Gasteiger partial charge on any atom is 0.266 e. The minimum absolute atomic E-state index is 0.0476. The summed E-state index contributed by atoms with van der Waals surface area (Å²) in [5, 5.41) is 10.8. The first-order valence-electron chi connectivity index (χ1n) is 8.05. The van der Waals surface area contributed by atoms with Gasteiger partial charge in [0.15, 0.2) is 16.7 Å². The molecule has 1 aliphatic rings. The summed E-state index contributed by atoms with van der Waals surface area (Å²) in [6, 6.07) is 9.08. The molecule has 5 nitrogen and oxygen atoms in total. The zero-order valence-electron chi connectivity index (χ0n) is 14.6. The summed E-state index contributed by atoms with van der Waals surface area (Å²) in [7, 11) is 1.46. The van der Waals surface area contributed by atoms with Gasteiger partial charge in [-0.2, -0.15) is 0 Å². The molecule has 0 unspecified atom stereocenters. The number of phenolic OH excluding ortho intramolecular Hbond substituents is 1. The summed E-state index contributed by atoms with van der Waals surface area (Å²) < 4.78 is 18.9. The van der Waals surface area contributed by atoms with E-state index >= 15 is 0 Å². The minimum atomic E-state index is -0.346. The molecule has 1 amide bonds. The van der Waals surface area contributed by atoms with Gasteiger partial charge in [0.05, 0.1) is 17.7 Å². The fraction of sp³-hybridized carbons (Fsp3) is 0.158. The predicted molar refractivity (Wildman–Crippen MR) is 109 cm³/mol. The Morgan fingerprint density at radius 2 is 2.04 bits per heavy atom. The molecular weight excluding hydrogens is 435 g/mol. The molecule has 1 heterocycles. The third kappa shape index (κ3) is 4.17. The van der Waals surface area contributed by atoms with E-state index in [4.69, 9.17) is 4.74 Å². The number of carbonyl (C=O) groups excluding carboxylic acids is 1. The first-order chi connectivity index (χ1) is 12.9. The van der Waals surface area contributed by atoms with Crippen LogP contribution < -0.4 is 4.74 Å². The predicted octanol–water partition coefficient (Wildman–Crippen LogP) is 4.93. The lowest BCUT2D eigenvalue weighted by Crippen LogP contribution is -2.28. The number of benzene rings is 2. The Morgan fingerprint density at radius 1 is 1.33 bits per heavy atom. The van der Waals surface area contributed by atoms with Crippen molar-refractivity contribution in [2.45, 2.75) is 6.92 Å². The Hall–Kier alpha value is -2.32. The average molecular weight is 451 g/mol. The molecule has 3 rings (SSSR count). The molecule has 1 saturated heterocycles. The van der Waals surface area contributed by atoms with Crippen LogP contribution in [0.25, 0.3) is 6.08 Å². The number of hydrogen-bond acceptors (Lipinski definition) is 5. The fourth-order valence-corrected chi connectivity index (χ4v) is 4.01. The SMILES string of the molecule is CCN1C(=O)/C(=C\c2cc(Br)cc(OC)c2O)SC1=Nc1ccc(F)cc1. The number of aromatic hydroxyl groups is 1. The van der Waals surface area contributed by atoms with E-state index in [0.29, 0.717) is 38.1 Å². The van der Waals surface area contributed by atoms with Crippen molar-refractivity contribution in [1.29, 1.82) is 0 Å². The fourth-order valence-electron chi connectivity index (χ4n) is 2.50. The van der Waals surface area contributed by atoms with Crippen molar-refractivity contribution in [3.63, 3.8) is 0 Å². The zero-order chi connectivity index (χ0) is 19.6. The number of rotatable bonds is 4. The van der Waals surface area contributed by atoms with E-state index in [0.717, 1.165) is 0 Å². The largest absolute Gasteiger partial charge is 0.504 e. The number of likely N-dealkylation sites (N-methyl/N-ethyl adjacent to an activating group) is 1. The monoisotopic (exact) mass is 450 g/mol. The third-order valence-electron chi connectivity index (χ3n) is 3.83. The molecule has 1 aliphatic heterocycles. The highest BCUT2D eigenvalue weighted by atomic mass is 79.9. The summed E-state index contributed by atoms with van der Waals surface area (Å²) in [5.74, 6) is -0.296. The van der Waals surface area contributed by atoms with E-state index in [1.807, 2.05) is 6.92 Å². The van der Waals surface area contributed by atoms with Gasteiger partial charge in [0.25, 0.3) is 5.91 Å². The quantitative estimate of drug-likeness (QED) is 0.670. The molecule has 0 bridgehead atoms. The number of halogens is 2. The van der Waals surface area contributed by atoms with Gasteiger partial charge in [0, 0.05) is 16.6 Å². The number of thioether (sulfide) groups is 1. The maximum atomic E-state index is 13.1. The van der Waals surface area contributed by atoms with Crippen LogP contribution in [0.4, 0.5) is 10.1 Å². The minimum Gasteiger partial charge on any atom is -0.504 e. The van der Waals surface area contributed by atoms with Gasteiger partial charge in [0.1, 0.15) is 5.82 Å². The number of amides is 1. The van der Waals surface area contributed by atoms with Gasteiger partial charge in [-0.1, -0.05) is 15.9 Å². The Labute approximate surface area is 168 Å². The van der Waals surface area contributed by atoms with Crippen molar-refractivity contribution in [1.82, 2.24) is 4.90 Å². The molecule has 1 N–H and O–H groups in total. The van der Waals surface area contributed by atoms with Crippen LogP contribution in [0.1, 0.15) is 12.5 Å². The number of hydrogen-bond donors (Lipinski definition) is 1. The molecule has 0 aliphatic carbocycles. The number of nitrogens with zero attached hydrogens (tertiary/aromatic N) is 2. The van der Waals surface area contributed by atoms with Crippen LogP contribution in [0.15, 0.2) is 50.8 Å². The summed E-state index contributed by atoms with van der Waals surface area (Å²) in [6.07, 6.45) is 1.60. The molecule has 2 aromatic rings. The van der Waals surface area contributed by atoms with Gasteiger partial charge in [-0.05, 0) is 61.2 Å². The molecular formula is C19H16BrFN2O3S. The molecule has 0 aromatic heterocycles. The normalized spacial score (nSPS) is 17.2. The van der Waals surface area contributed by atoms with Crippen LogP contribution in [-0.4, -0.2) is 34.7 Å². The molecule has 2 aromatic carbocycles. The lowest BCUT2D eigenvalue weighted by molar-refractivity contribution is -0.122. The van der Waals surface area contributed by atoms with E-state index < -0.39 is 0 Å². The molecule has 0 saturated carbocycles. The highest BCUT2D eigenvalue weighted by molar-refractivity contribution is 9.10. The van der Waals surface area contributed by atoms with E-state index in [2.05, 4.69) is 20.9 Å². The highest BCUT2D eigenvalue weighted by Crippen LogP contribution is 2.39. The molecule has 0 atom stereocenters. The summed E-state index contributed by atoms with van der Waals surface area (Å²) in [5.41, 5.74) is 1.01. The van der Waals surface area contributed by atoms with Crippen molar-refractivity contribution >= 4 is 50.5 Å². The Kier molecular flexibility index (Phi) is 5.86. The van der Waals surface area contributed by atoms with Crippen LogP contribution in [0.2, 0.25) is 0 Å². The van der Waals surface area contributed by atoms with Crippen molar-refractivity contribution in [3.8, 4) is 11.5 Å². The summed E-state index contributed by atoms with van der Waals surface area (Å²) in [6.45, 7) is 2.29. The van der Waals surface area contributed by atoms with Gasteiger partial charge in [0.2, 0.25) is 0 Å². The summed E-state index contributed by atoms with van der Waals surface area (Å²) >= 11 is 4.56. The van der Waals surface area contributed by atoms with Gasteiger partial charge in [-0.3, -0.25) is 9.69 Å².